The highest BCUT2D eigenvalue weighted by atomic mass is 79.9. The van der Waals surface area contributed by atoms with E-state index >= 15 is 0 Å². The van der Waals surface area contributed by atoms with Crippen LogP contribution in [0.5, 0.6) is 0 Å². The third-order valence-corrected chi connectivity index (χ3v) is 3.58. The first-order chi connectivity index (χ1) is 9.65. The Hall–Kier alpha value is -0.520. The van der Waals surface area contributed by atoms with Crippen LogP contribution in [0.4, 0.5) is 0 Å². The molecular weight excluding hydrogens is 387 g/mol. The van der Waals surface area contributed by atoms with E-state index in [-0.39, 0.29) is 24.8 Å². The SMILES string of the molecule is CN(C)CCCNCc1ccc(-c2ccc(Br)cc2)o1.Cl.Cl. The van der Waals surface area contributed by atoms with Gasteiger partial charge >= 0.3 is 0 Å². The quantitative estimate of drug-likeness (QED) is 0.677. The first kappa shape index (κ1) is 21.5. The van der Waals surface area contributed by atoms with Crippen LogP contribution in [0.15, 0.2) is 45.3 Å². The fourth-order valence-corrected chi connectivity index (χ4v) is 2.24. The smallest absolute Gasteiger partial charge is 0.134 e. The average molecular weight is 410 g/mol. The van der Waals surface area contributed by atoms with E-state index in [1.807, 2.05) is 24.3 Å². The van der Waals surface area contributed by atoms with Gasteiger partial charge in [0.2, 0.25) is 0 Å². The number of furan rings is 1. The van der Waals surface area contributed by atoms with Gasteiger partial charge < -0.3 is 14.6 Å². The number of nitrogens with zero attached hydrogens (tertiary/aromatic N) is 1. The Kier molecular flexibility index (Phi) is 10.8. The van der Waals surface area contributed by atoms with Gasteiger partial charge in [0.15, 0.2) is 0 Å². The van der Waals surface area contributed by atoms with E-state index in [2.05, 4.69) is 52.4 Å². The summed E-state index contributed by atoms with van der Waals surface area (Å²) in [6, 6.07) is 12.2. The molecule has 0 bridgehead atoms. The van der Waals surface area contributed by atoms with Crippen LogP contribution < -0.4 is 5.32 Å². The van der Waals surface area contributed by atoms with Crippen molar-refractivity contribution >= 4 is 40.7 Å². The fraction of sp³-hybridized carbons (Fsp3) is 0.375. The average Bonchev–Trinajstić information content (AvgIpc) is 2.87. The van der Waals surface area contributed by atoms with Gasteiger partial charge in [-0.1, -0.05) is 28.1 Å². The highest BCUT2D eigenvalue weighted by Crippen LogP contribution is 2.23. The van der Waals surface area contributed by atoms with E-state index in [1.54, 1.807) is 0 Å². The predicted molar refractivity (Wildman–Crippen MR) is 101 cm³/mol. The fourth-order valence-electron chi connectivity index (χ4n) is 1.97. The summed E-state index contributed by atoms with van der Waals surface area (Å²) < 4.78 is 6.93. The topological polar surface area (TPSA) is 28.4 Å². The van der Waals surface area contributed by atoms with Gasteiger partial charge in [0.1, 0.15) is 11.5 Å². The number of hydrogen-bond acceptors (Lipinski definition) is 3. The maximum Gasteiger partial charge on any atom is 0.134 e. The number of halogens is 3. The lowest BCUT2D eigenvalue weighted by molar-refractivity contribution is 0.391. The van der Waals surface area contributed by atoms with Crippen LogP contribution in [0.2, 0.25) is 0 Å². The molecule has 1 N–H and O–H groups in total. The summed E-state index contributed by atoms with van der Waals surface area (Å²) in [5.41, 5.74) is 1.10. The van der Waals surface area contributed by atoms with Gasteiger partial charge in [-0.05, 0) is 57.9 Å². The van der Waals surface area contributed by atoms with Gasteiger partial charge in [0.25, 0.3) is 0 Å². The number of benzene rings is 1. The minimum Gasteiger partial charge on any atom is -0.460 e. The van der Waals surface area contributed by atoms with Crippen LogP contribution in [0.25, 0.3) is 11.3 Å². The third-order valence-electron chi connectivity index (χ3n) is 3.05. The summed E-state index contributed by atoms with van der Waals surface area (Å²) in [5.74, 6) is 1.90. The van der Waals surface area contributed by atoms with Crippen molar-refractivity contribution in [2.24, 2.45) is 0 Å². The zero-order valence-corrected chi connectivity index (χ0v) is 16.1. The first-order valence-electron chi connectivity index (χ1n) is 6.85. The van der Waals surface area contributed by atoms with Gasteiger partial charge in [0, 0.05) is 10.0 Å². The van der Waals surface area contributed by atoms with Crippen molar-refractivity contribution in [3.8, 4) is 11.3 Å². The molecule has 2 rings (SSSR count). The zero-order chi connectivity index (χ0) is 14.4. The molecule has 0 radical (unpaired) electrons. The normalized spacial score (nSPS) is 10.2. The Bertz CT molecular complexity index is 529. The summed E-state index contributed by atoms with van der Waals surface area (Å²) in [6.45, 7) is 2.89. The molecule has 0 aliphatic rings. The minimum absolute atomic E-state index is 0. The maximum atomic E-state index is 5.85. The van der Waals surface area contributed by atoms with E-state index < -0.39 is 0 Å². The van der Waals surface area contributed by atoms with E-state index in [9.17, 15) is 0 Å². The summed E-state index contributed by atoms with van der Waals surface area (Å²) in [4.78, 5) is 2.19. The van der Waals surface area contributed by atoms with Crippen molar-refractivity contribution in [1.29, 1.82) is 0 Å². The van der Waals surface area contributed by atoms with E-state index in [4.69, 9.17) is 4.42 Å². The first-order valence-corrected chi connectivity index (χ1v) is 7.64. The van der Waals surface area contributed by atoms with Crippen molar-refractivity contribution in [3.05, 3.63) is 46.6 Å². The second-order valence-corrected chi connectivity index (χ2v) is 6.02. The third kappa shape index (κ3) is 7.16. The van der Waals surface area contributed by atoms with Crippen LogP contribution >= 0.6 is 40.7 Å². The van der Waals surface area contributed by atoms with Crippen LogP contribution in [0.1, 0.15) is 12.2 Å². The number of hydrogen-bond donors (Lipinski definition) is 1. The Morgan fingerprint density at radius 1 is 1.05 bits per heavy atom. The molecule has 0 amide bonds. The summed E-state index contributed by atoms with van der Waals surface area (Å²) >= 11 is 3.44. The number of rotatable bonds is 7. The minimum atomic E-state index is 0. The Morgan fingerprint density at radius 3 is 2.36 bits per heavy atom. The molecule has 6 heteroatoms. The van der Waals surface area contributed by atoms with Gasteiger partial charge in [-0.2, -0.15) is 0 Å². The molecule has 0 spiro atoms. The standard InChI is InChI=1S/C16H21BrN2O.2ClH/c1-19(2)11-3-10-18-12-15-8-9-16(20-15)13-4-6-14(17)7-5-13;;/h4-9,18H,3,10-12H2,1-2H3;2*1H. The molecule has 1 aromatic heterocycles. The van der Waals surface area contributed by atoms with Gasteiger partial charge in [0.05, 0.1) is 6.54 Å². The molecule has 2 aromatic rings. The van der Waals surface area contributed by atoms with E-state index in [1.165, 1.54) is 0 Å². The van der Waals surface area contributed by atoms with Crippen LogP contribution in [-0.2, 0) is 6.54 Å². The Balaban J connectivity index is 0.00000220. The molecule has 3 nitrogen and oxygen atoms in total. The van der Waals surface area contributed by atoms with E-state index in [0.29, 0.717) is 0 Å². The summed E-state index contributed by atoms with van der Waals surface area (Å²) in [5, 5.41) is 3.40. The zero-order valence-electron chi connectivity index (χ0n) is 12.8. The second-order valence-electron chi connectivity index (χ2n) is 5.11. The van der Waals surface area contributed by atoms with Crippen molar-refractivity contribution in [2.45, 2.75) is 13.0 Å². The van der Waals surface area contributed by atoms with Crippen LogP contribution in [-0.4, -0.2) is 32.1 Å². The van der Waals surface area contributed by atoms with Gasteiger partial charge in [-0.3, -0.25) is 0 Å². The summed E-state index contributed by atoms with van der Waals surface area (Å²) in [7, 11) is 4.19. The van der Waals surface area contributed by atoms with Gasteiger partial charge in [-0.15, -0.1) is 24.8 Å². The molecule has 22 heavy (non-hydrogen) atoms. The van der Waals surface area contributed by atoms with Crippen molar-refractivity contribution in [3.63, 3.8) is 0 Å². The molecule has 1 aromatic carbocycles. The molecule has 124 valence electrons. The highest BCUT2D eigenvalue weighted by Gasteiger charge is 2.04. The largest absolute Gasteiger partial charge is 0.460 e. The maximum absolute atomic E-state index is 5.85. The number of nitrogens with one attached hydrogen (secondary N) is 1. The predicted octanol–water partition coefficient (Wildman–Crippen LogP) is 4.59. The molecular formula is C16H23BrCl2N2O. The molecule has 0 aliphatic carbocycles. The van der Waals surface area contributed by atoms with Crippen LogP contribution in [0, 0.1) is 0 Å². The lowest BCUT2D eigenvalue weighted by Crippen LogP contribution is -2.20. The highest BCUT2D eigenvalue weighted by molar-refractivity contribution is 9.10. The molecule has 1 heterocycles. The van der Waals surface area contributed by atoms with Gasteiger partial charge in [-0.25, -0.2) is 0 Å². The van der Waals surface area contributed by atoms with Crippen molar-refractivity contribution < 1.29 is 4.42 Å². The molecule has 0 atom stereocenters. The van der Waals surface area contributed by atoms with Crippen LogP contribution in [0.3, 0.4) is 0 Å². The lowest BCUT2D eigenvalue weighted by atomic mass is 10.2. The Labute approximate surface area is 153 Å². The Morgan fingerprint density at radius 2 is 1.73 bits per heavy atom. The molecule has 0 saturated carbocycles. The van der Waals surface area contributed by atoms with E-state index in [0.717, 1.165) is 47.6 Å². The molecule has 0 fully saturated rings. The van der Waals surface area contributed by atoms with Crippen molar-refractivity contribution in [2.75, 3.05) is 27.2 Å². The van der Waals surface area contributed by atoms with Crippen molar-refractivity contribution in [1.82, 2.24) is 10.2 Å². The monoisotopic (exact) mass is 408 g/mol. The molecule has 0 aliphatic heterocycles. The summed E-state index contributed by atoms with van der Waals surface area (Å²) in [6.07, 6.45) is 1.15. The second kappa shape index (κ2) is 11.1. The molecule has 0 saturated heterocycles. The molecule has 0 unspecified atom stereocenters. The lowest BCUT2D eigenvalue weighted by Gasteiger charge is -2.09.